The Morgan fingerprint density at radius 2 is 2.00 bits per heavy atom. The number of carboxylic acid groups (broad SMARTS) is 1. The maximum Gasteiger partial charge on any atom is 0.403 e. The van der Waals surface area contributed by atoms with Crippen LogP contribution in [0.5, 0.6) is 0 Å². The lowest BCUT2D eigenvalue weighted by atomic mass is 10.4. The number of hydrogen-bond acceptors (Lipinski definition) is 4. The Kier molecular flexibility index (Phi) is 9.50. The summed E-state index contributed by atoms with van der Waals surface area (Å²) in [5.74, 6) is -0.963. The lowest BCUT2D eigenvalue weighted by Gasteiger charge is -1.90. The van der Waals surface area contributed by atoms with Crippen molar-refractivity contribution < 1.29 is 19.4 Å². The molecule has 0 bridgehead atoms. The summed E-state index contributed by atoms with van der Waals surface area (Å²) in [7, 11) is 0. The first-order chi connectivity index (χ1) is 5.41. The molecule has 0 fully saturated rings. The van der Waals surface area contributed by atoms with E-state index in [9.17, 15) is 9.59 Å². The highest BCUT2D eigenvalue weighted by Gasteiger charge is 1.99. The third kappa shape index (κ3) is 16.1. The summed E-state index contributed by atoms with van der Waals surface area (Å²) in [6.07, 6.45) is 0. The van der Waals surface area contributed by atoms with Crippen molar-refractivity contribution >= 4 is 23.0 Å². The Balaban J connectivity index is 0. The predicted octanol–water partition coefficient (Wildman–Crippen LogP) is 0.800. The number of carbonyl (C=O) groups excluding carboxylic acids is 1. The van der Waals surface area contributed by atoms with Crippen molar-refractivity contribution in [3.8, 4) is 0 Å². The zero-order chi connectivity index (χ0) is 10.1. The van der Waals surface area contributed by atoms with Gasteiger partial charge in [0.25, 0.3) is 0 Å². The molecule has 0 radical (unpaired) electrons. The predicted molar refractivity (Wildman–Crippen MR) is 44.2 cm³/mol. The number of ether oxygens (including phenoxy) is 1. The molecule has 0 amide bonds. The van der Waals surface area contributed by atoms with Gasteiger partial charge < -0.3 is 15.6 Å². The van der Waals surface area contributed by atoms with Crippen LogP contribution in [0, 0.1) is 0 Å². The lowest BCUT2D eigenvalue weighted by Crippen LogP contribution is -2.25. The highest BCUT2D eigenvalue weighted by Crippen LogP contribution is 1.82. The minimum absolute atomic E-state index is 0.350. The number of hydrogen-bond donors (Lipinski definition) is 2. The standard InChI is InChI=1S/C3H5ClO2.C3H7NO2/c1-2-6-3(4)5;1-2(4)3(5)6/h2H2,1H3;2H,4H2,1H3,(H,5,6)/t;2-/m.1/s1. The number of halogens is 1. The Morgan fingerprint density at radius 3 is 2.00 bits per heavy atom. The maximum absolute atomic E-state index is 9.59. The van der Waals surface area contributed by atoms with Gasteiger partial charge in [0.1, 0.15) is 6.04 Å². The minimum Gasteiger partial charge on any atom is -0.480 e. The van der Waals surface area contributed by atoms with Gasteiger partial charge in [0, 0.05) is 11.6 Å². The van der Waals surface area contributed by atoms with E-state index in [-0.39, 0.29) is 0 Å². The first-order valence-corrected chi connectivity index (χ1v) is 3.60. The van der Waals surface area contributed by atoms with E-state index in [2.05, 4.69) is 4.74 Å². The van der Waals surface area contributed by atoms with Crippen LogP contribution in [0.25, 0.3) is 0 Å². The Morgan fingerprint density at radius 1 is 1.67 bits per heavy atom. The van der Waals surface area contributed by atoms with Gasteiger partial charge in [-0.05, 0) is 13.8 Å². The summed E-state index contributed by atoms with van der Waals surface area (Å²) in [4.78, 5) is 19.2. The van der Waals surface area contributed by atoms with Crippen LogP contribution < -0.4 is 5.73 Å². The van der Waals surface area contributed by atoms with Gasteiger partial charge in [0.15, 0.2) is 0 Å². The smallest absolute Gasteiger partial charge is 0.403 e. The lowest BCUT2D eigenvalue weighted by molar-refractivity contribution is -0.138. The topological polar surface area (TPSA) is 89.6 Å². The second kappa shape index (κ2) is 8.29. The third-order valence-corrected chi connectivity index (χ3v) is 0.756. The molecule has 0 saturated carbocycles. The Bertz CT molecular complexity index is 148. The molecule has 0 aliphatic rings. The number of nitrogens with two attached hydrogens (primary N) is 1. The molecule has 0 aliphatic carbocycles. The van der Waals surface area contributed by atoms with Crippen molar-refractivity contribution in [3.63, 3.8) is 0 Å². The molecule has 0 spiro atoms. The van der Waals surface area contributed by atoms with Crippen molar-refractivity contribution in [2.45, 2.75) is 19.9 Å². The molecule has 12 heavy (non-hydrogen) atoms. The monoisotopic (exact) mass is 197 g/mol. The van der Waals surface area contributed by atoms with E-state index in [0.29, 0.717) is 6.61 Å². The molecule has 72 valence electrons. The molecule has 0 aromatic rings. The quantitative estimate of drug-likeness (QED) is 0.639. The van der Waals surface area contributed by atoms with Gasteiger partial charge in [-0.1, -0.05) is 0 Å². The molecule has 0 aliphatic heterocycles. The van der Waals surface area contributed by atoms with Crippen molar-refractivity contribution in [2.75, 3.05) is 6.61 Å². The van der Waals surface area contributed by atoms with Crippen LogP contribution in [0.2, 0.25) is 0 Å². The van der Waals surface area contributed by atoms with Gasteiger partial charge in [0.05, 0.1) is 6.61 Å². The second-order valence-corrected chi connectivity index (χ2v) is 2.11. The fourth-order valence-electron chi connectivity index (χ4n) is 0.113. The van der Waals surface area contributed by atoms with E-state index < -0.39 is 17.4 Å². The van der Waals surface area contributed by atoms with E-state index in [1.165, 1.54) is 6.92 Å². The number of carbonyl (C=O) groups is 2. The molecule has 0 aromatic carbocycles. The van der Waals surface area contributed by atoms with E-state index >= 15 is 0 Å². The van der Waals surface area contributed by atoms with Crippen LogP contribution in [-0.2, 0) is 9.53 Å². The molecule has 0 saturated heterocycles. The van der Waals surface area contributed by atoms with Crippen molar-refractivity contribution in [1.29, 1.82) is 0 Å². The molecular formula is C6H12ClNO4. The van der Waals surface area contributed by atoms with Crippen molar-refractivity contribution in [1.82, 2.24) is 0 Å². The summed E-state index contributed by atoms with van der Waals surface area (Å²) >= 11 is 4.72. The van der Waals surface area contributed by atoms with Crippen LogP contribution in [0.15, 0.2) is 0 Å². The van der Waals surface area contributed by atoms with Crippen molar-refractivity contribution in [3.05, 3.63) is 0 Å². The van der Waals surface area contributed by atoms with Crippen LogP contribution in [0.1, 0.15) is 13.8 Å². The Labute approximate surface area is 75.4 Å². The average Bonchev–Trinajstić information content (AvgIpc) is 1.87. The highest BCUT2D eigenvalue weighted by atomic mass is 35.5. The summed E-state index contributed by atoms with van der Waals surface area (Å²) in [6.45, 7) is 3.46. The van der Waals surface area contributed by atoms with E-state index in [0.717, 1.165) is 0 Å². The first kappa shape index (κ1) is 13.8. The molecule has 3 N–H and O–H groups in total. The summed E-state index contributed by atoms with van der Waals surface area (Å²) < 4.78 is 4.17. The van der Waals surface area contributed by atoms with E-state index in [1.54, 1.807) is 6.92 Å². The highest BCUT2D eigenvalue weighted by molar-refractivity contribution is 6.61. The molecule has 1 atom stereocenters. The molecular weight excluding hydrogens is 186 g/mol. The molecule has 5 nitrogen and oxygen atoms in total. The van der Waals surface area contributed by atoms with Gasteiger partial charge in [-0.2, -0.15) is 0 Å². The van der Waals surface area contributed by atoms with Gasteiger partial charge in [0.2, 0.25) is 0 Å². The Hall–Kier alpha value is -0.810. The number of carboxylic acids is 1. The molecule has 0 heterocycles. The van der Waals surface area contributed by atoms with Crippen LogP contribution in [-0.4, -0.2) is 29.2 Å². The van der Waals surface area contributed by atoms with Crippen LogP contribution >= 0.6 is 11.6 Å². The molecule has 6 heteroatoms. The molecule has 0 aromatic heterocycles. The molecule has 0 rings (SSSR count). The fourth-order valence-corrected chi connectivity index (χ4v) is 0.223. The third-order valence-electron chi connectivity index (χ3n) is 0.647. The normalized spacial score (nSPS) is 10.7. The van der Waals surface area contributed by atoms with E-state index in [4.69, 9.17) is 22.4 Å². The maximum atomic E-state index is 9.59. The number of aliphatic carboxylic acids is 1. The zero-order valence-corrected chi connectivity index (χ0v) is 7.67. The van der Waals surface area contributed by atoms with Gasteiger partial charge >= 0.3 is 11.4 Å². The molecule has 0 unspecified atom stereocenters. The minimum atomic E-state index is -0.963. The van der Waals surface area contributed by atoms with Gasteiger partial charge in [-0.15, -0.1) is 0 Å². The SMILES string of the molecule is CCOC(=O)Cl.C[C@@H](N)C(=O)O. The van der Waals surface area contributed by atoms with Crippen LogP contribution in [0.4, 0.5) is 4.79 Å². The number of rotatable bonds is 2. The van der Waals surface area contributed by atoms with E-state index in [1.807, 2.05) is 0 Å². The van der Waals surface area contributed by atoms with Gasteiger partial charge in [-0.25, -0.2) is 4.79 Å². The van der Waals surface area contributed by atoms with Crippen LogP contribution in [0.3, 0.4) is 0 Å². The summed E-state index contributed by atoms with van der Waals surface area (Å²) in [5, 5.41) is 7.87. The summed E-state index contributed by atoms with van der Waals surface area (Å²) in [6, 6.07) is -0.731. The van der Waals surface area contributed by atoms with Gasteiger partial charge in [-0.3, -0.25) is 4.79 Å². The first-order valence-electron chi connectivity index (χ1n) is 3.22. The van der Waals surface area contributed by atoms with Crippen molar-refractivity contribution in [2.24, 2.45) is 5.73 Å². The fraction of sp³-hybridized carbons (Fsp3) is 0.667. The largest absolute Gasteiger partial charge is 0.480 e. The summed E-state index contributed by atoms with van der Waals surface area (Å²) in [5.41, 5.74) is 4.10. The second-order valence-electron chi connectivity index (χ2n) is 1.80. The average molecular weight is 198 g/mol. The zero-order valence-electron chi connectivity index (χ0n) is 6.91.